The Morgan fingerprint density at radius 1 is 1.43 bits per heavy atom. The summed E-state index contributed by atoms with van der Waals surface area (Å²) in [5.74, 6) is 0.233. The van der Waals surface area contributed by atoms with Gasteiger partial charge in [0.2, 0.25) is 0 Å². The van der Waals surface area contributed by atoms with Crippen LogP contribution in [0.1, 0.15) is 28.7 Å². The summed E-state index contributed by atoms with van der Waals surface area (Å²) in [7, 11) is 0. The molecule has 2 heterocycles. The van der Waals surface area contributed by atoms with Gasteiger partial charge in [0.05, 0.1) is 17.1 Å². The summed E-state index contributed by atoms with van der Waals surface area (Å²) in [5, 5.41) is 10.9. The van der Waals surface area contributed by atoms with Gasteiger partial charge in [-0.15, -0.1) is 0 Å². The number of amides is 1. The number of aromatic nitrogens is 4. The third-order valence-electron chi connectivity index (χ3n) is 3.37. The van der Waals surface area contributed by atoms with Gasteiger partial charge < -0.3 is 9.84 Å². The molecule has 1 aromatic carbocycles. The fourth-order valence-corrected chi connectivity index (χ4v) is 2.64. The fourth-order valence-electron chi connectivity index (χ4n) is 2.28. The summed E-state index contributed by atoms with van der Waals surface area (Å²) < 4.78 is 7.55. The molecule has 0 unspecified atom stereocenters. The zero-order valence-corrected chi connectivity index (χ0v) is 14.2. The Morgan fingerprint density at radius 2 is 2.26 bits per heavy atom. The minimum Gasteiger partial charge on any atom is -0.361 e. The molecule has 0 aliphatic heterocycles. The van der Waals surface area contributed by atoms with Crippen molar-refractivity contribution in [1.29, 1.82) is 0 Å². The Morgan fingerprint density at radius 3 is 2.96 bits per heavy atom. The lowest BCUT2D eigenvalue weighted by Gasteiger charge is -2.11. The van der Waals surface area contributed by atoms with E-state index in [9.17, 15) is 4.79 Å². The number of carbonyl (C=O) groups excluding carboxylic acids is 1. The van der Waals surface area contributed by atoms with Gasteiger partial charge in [0.1, 0.15) is 24.0 Å². The number of rotatable bonds is 4. The molecule has 0 saturated heterocycles. The number of carbonyl (C=O) groups is 1. The number of anilines is 1. The SMILES string of the molecule is CCc1noc(C)c1C(=O)Nc1cc(Br)ccc1-n1cncn1. The average molecular weight is 376 g/mol. The van der Waals surface area contributed by atoms with Crippen molar-refractivity contribution in [1.82, 2.24) is 19.9 Å². The zero-order valence-electron chi connectivity index (χ0n) is 12.6. The summed E-state index contributed by atoms with van der Waals surface area (Å²) >= 11 is 3.41. The molecule has 0 aliphatic carbocycles. The molecule has 0 radical (unpaired) electrons. The van der Waals surface area contributed by atoms with Crippen LogP contribution < -0.4 is 5.32 Å². The van der Waals surface area contributed by atoms with Gasteiger partial charge in [-0.3, -0.25) is 4.79 Å². The first-order valence-corrected chi connectivity index (χ1v) is 7.80. The van der Waals surface area contributed by atoms with Gasteiger partial charge in [-0.05, 0) is 31.5 Å². The molecule has 0 saturated carbocycles. The van der Waals surface area contributed by atoms with Crippen LogP contribution in [-0.4, -0.2) is 25.8 Å². The first-order valence-electron chi connectivity index (χ1n) is 7.01. The van der Waals surface area contributed by atoms with Gasteiger partial charge in [-0.25, -0.2) is 9.67 Å². The maximum Gasteiger partial charge on any atom is 0.261 e. The van der Waals surface area contributed by atoms with E-state index in [0.29, 0.717) is 34.8 Å². The molecule has 2 aromatic heterocycles. The second-order valence-corrected chi connectivity index (χ2v) is 5.79. The molecule has 0 atom stereocenters. The first kappa shape index (κ1) is 15.4. The van der Waals surface area contributed by atoms with E-state index in [4.69, 9.17) is 4.52 Å². The largest absolute Gasteiger partial charge is 0.361 e. The normalized spacial score (nSPS) is 10.7. The maximum atomic E-state index is 12.6. The molecular formula is C15H14BrN5O2. The molecule has 23 heavy (non-hydrogen) atoms. The smallest absolute Gasteiger partial charge is 0.261 e. The number of nitrogens with one attached hydrogen (secondary N) is 1. The van der Waals surface area contributed by atoms with Crippen LogP contribution >= 0.6 is 15.9 Å². The molecular weight excluding hydrogens is 362 g/mol. The van der Waals surface area contributed by atoms with Crippen molar-refractivity contribution >= 4 is 27.5 Å². The van der Waals surface area contributed by atoms with E-state index in [2.05, 4.69) is 36.5 Å². The van der Waals surface area contributed by atoms with E-state index in [-0.39, 0.29) is 5.91 Å². The summed E-state index contributed by atoms with van der Waals surface area (Å²) in [5.41, 5.74) is 2.43. The maximum absolute atomic E-state index is 12.6. The molecule has 3 aromatic rings. The molecule has 8 heteroatoms. The lowest BCUT2D eigenvalue weighted by atomic mass is 10.1. The first-order chi connectivity index (χ1) is 11.1. The quantitative estimate of drug-likeness (QED) is 0.756. The Kier molecular flexibility index (Phi) is 4.24. The Hall–Kier alpha value is -2.48. The predicted molar refractivity (Wildman–Crippen MR) is 87.6 cm³/mol. The third kappa shape index (κ3) is 3.02. The summed E-state index contributed by atoms with van der Waals surface area (Å²) in [4.78, 5) is 16.6. The van der Waals surface area contributed by atoms with Gasteiger partial charge in [-0.1, -0.05) is 28.0 Å². The number of aryl methyl sites for hydroxylation is 2. The Labute approximate surface area is 140 Å². The number of nitrogens with zero attached hydrogens (tertiary/aromatic N) is 4. The highest BCUT2D eigenvalue weighted by Gasteiger charge is 2.20. The Balaban J connectivity index is 1.98. The second kappa shape index (κ2) is 6.33. The number of hydrogen-bond donors (Lipinski definition) is 1. The van der Waals surface area contributed by atoms with E-state index in [1.54, 1.807) is 17.9 Å². The van der Waals surface area contributed by atoms with Crippen LogP contribution in [0.15, 0.2) is 39.8 Å². The van der Waals surface area contributed by atoms with Crippen LogP contribution in [0.3, 0.4) is 0 Å². The van der Waals surface area contributed by atoms with Crippen molar-refractivity contribution in [3.05, 3.63) is 52.3 Å². The van der Waals surface area contributed by atoms with Crippen LogP contribution in [0.25, 0.3) is 5.69 Å². The molecule has 3 rings (SSSR count). The Bertz CT molecular complexity index is 842. The third-order valence-corrected chi connectivity index (χ3v) is 3.86. The van der Waals surface area contributed by atoms with E-state index < -0.39 is 0 Å². The molecule has 7 nitrogen and oxygen atoms in total. The molecule has 1 N–H and O–H groups in total. The van der Waals surface area contributed by atoms with Crippen molar-refractivity contribution in [2.75, 3.05) is 5.32 Å². The number of hydrogen-bond acceptors (Lipinski definition) is 5. The van der Waals surface area contributed by atoms with Crippen LogP contribution in [0.5, 0.6) is 0 Å². The van der Waals surface area contributed by atoms with Crippen molar-refractivity contribution in [3.63, 3.8) is 0 Å². The minimum atomic E-state index is -0.264. The van der Waals surface area contributed by atoms with Crippen molar-refractivity contribution in [3.8, 4) is 5.69 Å². The topological polar surface area (TPSA) is 85.8 Å². The molecule has 0 fully saturated rings. The van der Waals surface area contributed by atoms with Gasteiger partial charge in [0.15, 0.2) is 0 Å². The standard InChI is InChI=1S/C15H14BrN5O2/c1-3-11-14(9(2)23-20-11)15(22)19-12-6-10(16)4-5-13(12)21-8-17-7-18-21/h4-8H,3H2,1-2H3,(H,19,22). The van der Waals surface area contributed by atoms with Gasteiger partial charge in [0.25, 0.3) is 5.91 Å². The van der Waals surface area contributed by atoms with Crippen molar-refractivity contribution in [2.45, 2.75) is 20.3 Å². The lowest BCUT2D eigenvalue weighted by molar-refractivity contribution is 0.102. The highest BCUT2D eigenvalue weighted by molar-refractivity contribution is 9.10. The highest BCUT2D eigenvalue weighted by Crippen LogP contribution is 2.25. The lowest BCUT2D eigenvalue weighted by Crippen LogP contribution is -2.16. The molecule has 0 aliphatic rings. The summed E-state index contributed by atoms with van der Waals surface area (Å²) in [6, 6.07) is 5.52. The van der Waals surface area contributed by atoms with E-state index in [0.717, 1.165) is 4.47 Å². The van der Waals surface area contributed by atoms with Crippen molar-refractivity contribution < 1.29 is 9.32 Å². The monoisotopic (exact) mass is 375 g/mol. The van der Waals surface area contributed by atoms with Gasteiger partial charge >= 0.3 is 0 Å². The highest BCUT2D eigenvalue weighted by atomic mass is 79.9. The molecule has 118 valence electrons. The van der Waals surface area contributed by atoms with E-state index in [1.807, 2.05) is 25.1 Å². The van der Waals surface area contributed by atoms with Crippen LogP contribution in [0.2, 0.25) is 0 Å². The van der Waals surface area contributed by atoms with Crippen LogP contribution in [-0.2, 0) is 6.42 Å². The fraction of sp³-hybridized carbons (Fsp3) is 0.200. The number of halogens is 1. The molecule has 0 spiro atoms. The predicted octanol–water partition coefficient (Wildman–Crippen LogP) is 3.14. The number of benzene rings is 1. The minimum absolute atomic E-state index is 0.264. The average Bonchev–Trinajstić information content (AvgIpc) is 3.16. The van der Waals surface area contributed by atoms with Crippen LogP contribution in [0, 0.1) is 6.92 Å². The van der Waals surface area contributed by atoms with Gasteiger partial charge in [-0.2, -0.15) is 5.10 Å². The van der Waals surface area contributed by atoms with E-state index >= 15 is 0 Å². The zero-order chi connectivity index (χ0) is 16.4. The van der Waals surface area contributed by atoms with Gasteiger partial charge in [0, 0.05) is 4.47 Å². The molecule has 0 bridgehead atoms. The summed E-state index contributed by atoms with van der Waals surface area (Å²) in [6.07, 6.45) is 3.63. The molecule has 1 amide bonds. The van der Waals surface area contributed by atoms with E-state index in [1.165, 1.54) is 6.33 Å². The summed E-state index contributed by atoms with van der Waals surface area (Å²) in [6.45, 7) is 3.65. The van der Waals surface area contributed by atoms with Crippen molar-refractivity contribution in [2.24, 2.45) is 0 Å². The second-order valence-electron chi connectivity index (χ2n) is 4.87. The van der Waals surface area contributed by atoms with Crippen LogP contribution in [0.4, 0.5) is 5.69 Å².